The molecule has 0 aliphatic rings. The van der Waals surface area contributed by atoms with Crippen LogP contribution in [0.5, 0.6) is 0 Å². The second kappa shape index (κ2) is 13.9. The highest BCUT2D eigenvalue weighted by Crippen LogP contribution is 2.47. The highest BCUT2D eigenvalue weighted by Gasteiger charge is 2.21. The van der Waals surface area contributed by atoms with E-state index >= 15 is 0 Å². The lowest BCUT2D eigenvalue weighted by molar-refractivity contribution is -0.00160. The van der Waals surface area contributed by atoms with E-state index in [0.717, 1.165) is 0 Å². The summed E-state index contributed by atoms with van der Waals surface area (Å²) in [6, 6.07) is 0. The first-order valence-electron chi connectivity index (χ1n) is 6.26. The number of hydrogen-bond donors (Lipinski definition) is 0. The molecule has 0 heterocycles. The lowest BCUT2D eigenvalue weighted by Gasteiger charge is -2.13. The van der Waals surface area contributed by atoms with Crippen LogP contribution in [0, 0.1) is 0 Å². The summed E-state index contributed by atoms with van der Waals surface area (Å²) >= 11 is 0. The van der Waals surface area contributed by atoms with E-state index < -0.39 is 7.82 Å². The Bertz CT molecular complexity index is 243. The van der Waals surface area contributed by atoms with Crippen molar-refractivity contribution in [2.75, 3.05) is 74.2 Å². The van der Waals surface area contributed by atoms with Gasteiger partial charge in [-0.25, -0.2) is 4.57 Å². The SMILES string of the molecule is COCCOCCOCCOCCOP(=O)(OC)OC. The van der Waals surface area contributed by atoms with Crippen molar-refractivity contribution in [2.45, 2.75) is 0 Å². The third kappa shape index (κ3) is 11.7. The summed E-state index contributed by atoms with van der Waals surface area (Å²) in [6.45, 7) is 3.46. The third-order valence-corrected chi connectivity index (χ3v) is 3.49. The minimum atomic E-state index is -3.40. The molecule has 0 aliphatic carbocycles. The summed E-state index contributed by atoms with van der Waals surface area (Å²) in [6.07, 6.45) is 0. The normalized spacial score (nSPS) is 11.9. The van der Waals surface area contributed by atoms with Gasteiger partial charge in [0, 0.05) is 21.3 Å². The maximum atomic E-state index is 11.5. The van der Waals surface area contributed by atoms with Crippen LogP contribution in [-0.2, 0) is 37.1 Å². The van der Waals surface area contributed by atoms with E-state index in [1.165, 1.54) is 14.2 Å². The maximum Gasteiger partial charge on any atom is 0.474 e. The van der Waals surface area contributed by atoms with Gasteiger partial charge in [0.2, 0.25) is 0 Å². The summed E-state index contributed by atoms with van der Waals surface area (Å²) in [5, 5.41) is 0. The van der Waals surface area contributed by atoms with Crippen LogP contribution in [0.15, 0.2) is 0 Å². The number of phosphoric ester groups is 1. The van der Waals surface area contributed by atoms with Gasteiger partial charge in [-0.2, -0.15) is 0 Å². The molecule has 20 heavy (non-hydrogen) atoms. The Morgan fingerprint density at radius 1 is 0.650 bits per heavy atom. The first kappa shape index (κ1) is 19.9. The van der Waals surface area contributed by atoms with Crippen molar-refractivity contribution in [3.63, 3.8) is 0 Å². The average Bonchev–Trinajstić information content (AvgIpc) is 2.48. The molecular formula is C11H25O8P. The first-order chi connectivity index (χ1) is 9.68. The zero-order valence-electron chi connectivity index (χ0n) is 12.4. The summed E-state index contributed by atoms with van der Waals surface area (Å²) in [7, 11) is 0.740. The summed E-state index contributed by atoms with van der Waals surface area (Å²) in [4.78, 5) is 0. The molecule has 0 radical (unpaired) electrons. The zero-order valence-corrected chi connectivity index (χ0v) is 13.3. The molecule has 0 saturated heterocycles. The largest absolute Gasteiger partial charge is 0.474 e. The number of rotatable bonds is 15. The summed E-state index contributed by atoms with van der Waals surface area (Å²) in [5.74, 6) is 0. The van der Waals surface area contributed by atoms with E-state index in [4.69, 9.17) is 23.5 Å². The fourth-order valence-corrected chi connectivity index (χ4v) is 1.73. The third-order valence-electron chi connectivity index (χ3n) is 2.10. The van der Waals surface area contributed by atoms with E-state index in [9.17, 15) is 4.57 Å². The van der Waals surface area contributed by atoms with E-state index in [-0.39, 0.29) is 13.2 Å². The van der Waals surface area contributed by atoms with Crippen molar-refractivity contribution in [1.82, 2.24) is 0 Å². The van der Waals surface area contributed by atoms with Gasteiger partial charge >= 0.3 is 7.82 Å². The predicted molar refractivity (Wildman–Crippen MR) is 71.9 cm³/mol. The highest BCUT2D eigenvalue weighted by molar-refractivity contribution is 7.48. The molecule has 0 bridgehead atoms. The fraction of sp³-hybridized carbons (Fsp3) is 1.00. The number of phosphoric acid groups is 1. The molecule has 0 atom stereocenters. The topological polar surface area (TPSA) is 81.7 Å². The molecule has 0 aliphatic heterocycles. The fourth-order valence-electron chi connectivity index (χ4n) is 1.07. The van der Waals surface area contributed by atoms with Crippen LogP contribution in [0.1, 0.15) is 0 Å². The van der Waals surface area contributed by atoms with Crippen LogP contribution in [-0.4, -0.2) is 74.2 Å². The minimum Gasteiger partial charge on any atom is -0.382 e. The lowest BCUT2D eigenvalue weighted by atomic mass is 10.7. The quantitative estimate of drug-likeness (QED) is 0.328. The van der Waals surface area contributed by atoms with Crippen LogP contribution < -0.4 is 0 Å². The molecule has 0 aromatic heterocycles. The van der Waals surface area contributed by atoms with Gasteiger partial charge in [-0.05, 0) is 0 Å². The number of hydrogen-bond acceptors (Lipinski definition) is 8. The Hall–Kier alpha value is -0.0500. The molecule has 0 aromatic carbocycles. The van der Waals surface area contributed by atoms with E-state index in [1.54, 1.807) is 7.11 Å². The van der Waals surface area contributed by atoms with Gasteiger partial charge < -0.3 is 18.9 Å². The van der Waals surface area contributed by atoms with Crippen LogP contribution in [0.3, 0.4) is 0 Å². The second-order valence-electron chi connectivity index (χ2n) is 3.48. The molecule has 9 heteroatoms. The molecule has 0 rings (SSSR count). The van der Waals surface area contributed by atoms with Crippen molar-refractivity contribution in [2.24, 2.45) is 0 Å². The highest BCUT2D eigenvalue weighted by atomic mass is 31.2. The molecule has 122 valence electrons. The summed E-state index contributed by atoms with van der Waals surface area (Å²) < 4.78 is 46.1. The Labute approximate surface area is 120 Å². The molecule has 0 fully saturated rings. The maximum absolute atomic E-state index is 11.5. The molecule has 0 aromatic rings. The monoisotopic (exact) mass is 316 g/mol. The van der Waals surface area contributed by atoms with Crippen molar-refractivity contribution in [1.29, 1.82) is 0 Å². The second-order valence-corrected chi connectivity index (χ2v) is 5.36. The first-order valence-corrected chi connectivity index (χ1v) is 7.73. The molecule has 0 spiro atoms. The van der Waals surface area contributed by atoms with Crippen molar-refractivity contribution < 1.29 is 37.1 Å². The van der Waals surface area contributed by atoms with Gasteiger partial charge in [0.05, 0.1) is 52.9 Å². The van der Waals surface area contributed by atoms with Gasteiger partial charge in [-0.15, -0.1) is 0 Å². The van der Waals surface area contributed by atoms with Crippen molar-refractivity contribution in [3.05, 3.63) is 0 Å². The molecular weight excluding hydrogens is 291 g/mol. The van der Waals surface area contributed by atoms with Gasteiger partial charge in [-0.3, -0.25) is 13.6 Å². The van der Waals surface area contributed by atoms with Crippen LogP contribution >= 0.6 is 7.82 Å². The van der Waals surface area contributed by atoms with Gasteiger partial charge in [0.15, 0.2) is 0 Å². The standard InChI is InChI=1S/C11H25O8P/c1-13-4-5-16-6-7-17-8-9-18-10-11-19-20(12,14-2)15-3/h4-11H2,1-3H3. The van der Waals surface area contributed by atoms with E-state index in [0.29, 0.717) is 39.6 Å². The molecule has 0 amide bonds. The Kier molecular flexibility index (Phi) is 13.9. The molecule has 0 unspecified atom stereocenters. The smallest absolute Gasteiger partial charge is 0.382 e. The Morgan fingerprint density at radius 2 is 1.05 bits per heavy atom. The molecule has 0 saturated carbocycles. The van der Waals surface area contributed by atoms with Gasteiger partial charge in [-0.1, -0.05) is 0 Å². The molecule has 8 nitrogen and oxygen atoms in total. The lowest BCUT2D eigenvalue weighted by Crippen LogP contribution is -2.12. The van der Waals surface area contributed by atoms with Crippen LogP contribution in [0.25, 0.3) is 0 Å². The zero-order chi connectivity index (χ0) is 15.1. The van der Waals surface area contributed by atoms with E-state index in [2.05, 4.69) is 9.05 Å². The van der Waals surface area contributed by atoms with Crippen molar-refractivity contribution in [3.8, 4) is 0 Å². The van der Waals surface area contributed by atoms with Crippen molar-refractivity contribution >= 4 is 7.82 Å². The number of ether oxygens (including phenoxy) is 4. The Balaban J connectivity index is 3.19. The average molecular weight is 316 g/mol. The summed E-state index contributed by atoms with van der Waals surface area (Å²) in [5.41, 5.74) is 0. The Morgan fingerprint density at radius 3 is 1.45 bits per heavy atom. The number of methoxy groups -OCH3 is 1. The molecule has 0 N–H and O–H groups in total. The van der Waals surface area contributed by atoms with Crippen LogP contribution in [0.2, 0.25) is 0 Å². The minimum absolute atomic E-state index is 0.124. The van der Waals surface area contributed by atoms with Gasteiger partial charge in [0.1, 0.15) is 0 Å². The van der Waals surface area contributed by atoms with E-state index in [1.807, 2.05) is 0 Å². The predicted octanol–water partition coefficient (Wildman–Crippen LogP) is 1.10. The van der Waals surface area contributed by atoms with Crippen LogP contribution in [0.4, 0.5) is 0 Å². The van der Waals surface area contributed by atoms with Gasteiger partial charge in [0.25, 0.3) is 0 Å².